The third-order valence-electron chi connectivity index (χ3n) is 2.71. The fourth-order valence-electron chi connectivity index (χ4n) is 2.05. The van der Waals surface area contributed by atoms with E-state index in [1.54, 1.807) is 6.07 Å². The maximum atomic E-state index is 11.8. The average molecular weight is 295 g/mol. The van der Waals surface area contributed by atoms with Gasteiger partial charge in [0.15, 0.2) is 0 Å². The smallest absolute Gasteiger partial charge is 0.225 e. The Morgan fingerprint density at radius 1 is 1.30 bits per heavy atom. The molecular weight excluding hydrogens is 278 g/mol. The Labute approximate surface area is 117 Å². The minimum Gasteiger partial charge on any atom is -0.225 e. The monoisotopic (exact) mass is 295 g/mol. The van der Waals surface area contributed by atoms with Gasteiger partial charge in [0.1, 0.15) is 0 Å². The Bertz CT molecular complexity index is 702. The Morgan fingerprint density at radius 3 is 2.50 bits per heavy atom. The number of tetrazole rings is 1. The molecule has 0 atom stereocenters. The van der Waals surface area contributed by atoms with Gasteiger partial charge >= 0.3 is 0 Å². The number of aromatic amines is 1. The van der Waals surface area contributed by atoms with E-state index < -0.39 is 10.0 Å². The van der Waals surface area contributed by atoms with E-state index in [4.69, 9.17) is 5.14 Å². The molecule has 0 aliphatic heterocycles. The number of H-pyrrole nitrogens is 1. The molecule has 20 heavy (non-hydrogen) atoms. The van der Waals surface area contributed by atoms with Gasteiger partial charge in [0.05, 0.1) is 4.90 Å². The summed E-state index contributed by atoms with van der Waals surface area (Å²) in [6.07, 6.45) is 0.667. The van der Waals surface area contributed by atoms with Gasteiger partial charge in [-0.15, -0.1) is 10.2 Å². The van der Waals surface area contributed by atoms with E-state index in [2.05, 4.69) is 41.4 Å². The maximum Gasteiger partial charge on any atom is 0.238 e. The molecule has 0 unspecified atom stereocenters. The second kappa shape index (κ2) is 4.95. The maximum absolute atomic E-state index is 11.8. The van der Waals surface area contributed by atoms with Crippen LogP contribution >= 0.6 is 0 Å². The minimum atomic E-state index is -3.86. The van der Waals surface area contributed by atoms with Gasteiger partial charge in [0, 0.05) is 5.56 Å². The van der Waals surface area contributed by atoms with Crippen LogP contribution in [0.3, 0.4) is 0 Å². The molecule has 0 radical (unpaired) electrons. The van der Waals surface area contributed by atoms with Crippen molar-refractivity contribution < 1.29 is 8.42 Å². The van der Waals surface area contributed by atoms with E-state index in [1.807, 2.05) is 6.07 Å². The van der Waals surface area contributed by atoms with Crippen LogP contribution in [0.5, 0.6) is 0 Å². The van der Waals surface area contributed by atoms with Crippen LogP contribution in [0, 0.1) is 5.41 Å². The second-order valence-corrected chi connectivity index (χ2v) is 7.34. The van der Waals surface area contributed by atoms with Crippen molar-refractivity contribution >= 4 is 10.0 Å². The first-order chi connectivity index (χ1) is 9.18. The second-order valence-electron chi connectivity index (χ2n) is 5.81. The molecule has 1 aromatic carbocycles. The highest BCUT2D eigenvalue weighted by molar-refractivity contribution is 7.89. The van der Waals surface area contributed by atoms with Crippen molar-refractivity contribution in [3.05, 3.63) is 23.8 Å². The number of aromatic nitrogens is 4. The summed E-state index contributed by atoms with van der Waals surface area (Å²) >= 11 is 0. The van der Waals surface area contributed by atoms with E-state index in [0.29, 0.717) is 12.0 Å². The molecule has 2 aromatic rings. The molecule has 0 amide bonds. The number of sulfonamides is 1. The number of hydrogen-bond donors (Lipinski definition) is 2. The normalized spacial score (nSPS) is 12.6. The van der Waals surface area contributed by atoms with Gasteiger partial charge in [-0.2, -0.15) is 5.21 Å². The van der Waals surface area contributed by atoms with Gasteiger partial charge in [0.25, 0.3) is 0 Å². The molecule has 0 spiro atoms. The number of hydrogen-bond acceptors (Lipinski definition) is 5. The zero-order valence-corrected chi connectivity index (χ0v) is 12.4. The Kier molecular flexibility index (Phi) is 3.61. The van der Waals surface area contributed by atoms with E-state index in [-0.39, 0.29) is 16.1 Å². The lowest BCUT2D eigenvalue weighted by molar-refractivity contribution is 0.411. The number of nitrogens with zero attached hydrogens (tertiary/aromatic N) is 3. The van der Waals surface area contributed by atoms with Crippen LogP contribution in [0.15, 0.2) is 23.1 Å². The molecule has 108 valence electrons. The van der Waals surface area contributed by atoms with Gasteiger partial charge in [-0.1, -0.05) is 32.9 Å². The van der Waals surface area contributed by atoms with Crippen LogP contribution in [0.1, 0.15) is 26.3 Å². The van der Waals surface area contributed by atoms with Crippen molar-refractivity contribution in [2.75, 3.05) is 0 Å². The summed E-state index contributed by atoms with van der Waals surface area (Å²) in [6.45, 7) is 6.20. The van der Waals surface area contributed by atoms with Gasteiger partial charge < -0.3 is 0 Å². The zero-order valence-electron chi connectivity index (χ0n) is 11.6. The number of nitrogens with two attached hydrogens (primary N) is 1. The average Bonchev–Trinajstić information content (AvgIpc) is 2.78. The molecule has 1 aromatic heterocycles. The van der Waals surface area contributed by atoms with Crippen molar-refractivity contribution in [3.8, 4) is 11.4 Å². The lowest BCUT2D eigenvalue weighted by Gasteiger charge is -2.20. The number of primary sulfonamides is 1. The standard InChI is InChI=1S/C12H17N5O2S/c1-12(2,3)7-8-5-4-6-9(20(13,18)19)10(8)11-14-16-17-15-11/h4-6H,7H2,1-3H3,(H2,13,18,19)(H,14,15,16,17). The fraction of sp³-hybridized carbons (Fsp3) is 0.417. The summed E-state index contributed by atoms with van der Waals surface area (Å²) in [5.41, 5.74) is 1.22. The van der Waals surface area contributed by atoms with Gasteiger partial charge in [-0.05, 0) is 28.7 Å². The molecule has 0 saturated carbocycles. The molecule has 0 fully saturated rings. The van der Waals surface area contributed by atoms with Crippen molar-refractivity contribution in [3.63, 3.8) is 0 Å². The zero-order chi connectivity index (χ0) is 15.0. The number of nitrogens with one attached hydrogen (secondary N) is 1. The molecule has 8 heteroatoms. The highest BCUT2D eigenvalue weighted by Gasteiger charge is 2.23. The molecule has 7 nitrogen and oxygen atoms in total. The van der Waals surface area contributed by atoms with Crippen LogP contribution < -0.4 is 5.14 Å². The molecule has 3 N–H and O–H groups in total. The largest absolute Gasteiger partial charge is 0.238 e. The predicted octanol–water partition coefficient (Wildman–Crippen LogP) is 1.10. The van der Waals surface area contributed by atoms with Crippen molar-refractivity contribution in [1.29, 1.82) is 0 Å². The van der Waals surface area contributed by atoms with E-state index in [0.717, 1.165) is 5.56 Å². The van der Waals surface area contributed by atoms with Crippen LogP contribution in [-0.2, 0) is 16.4 Å². The Hall–Kier alpha value is -1.80. The molecule has 0 aliphatic carbocycles. The summed E-state index contributed by atoms with van der Waals surface area (Å²) < 4.78 is 23.5. The van der Waals surface area contributed by atoms with Crippen LogP contribution in [0.25, 0.3) is 11.4 Å². The third-order valence-corrected chi connectivity index (χ3v) is 3.66. The SMILES string of the molecule is CC(C)(C)Cc1cccc(S(N)(=O)=O)c1-c1nn[nH]n1. The fourth-order valence-corrected chi connectivity index (χ4v) is 2.83. The van der Waals surface area contributed by atoms with Crippen molar-refractivity contribution in [2.24, 2.45) is 10.6 Å². The van der Waals surface area contributed by atoms with E-state index >= 15 is 0 Å². The van der Waals surface area contributed by atoms with Crippen LogP contribution in [0.4, 0.5) is 0 Å². The lowest BCUT2D eigenvalue weighted by Crippen LogP contribution is -2.16. The number of rotatable bonds is 3. The van der Waals surface area contributed by atoms with Gasteiger partial charge in [-0.25, -0.2) is 13.6 Å². The minimum absolute atomic E-state index is 0.0145. The number of benzene rings is 1. The highest BCUT2D eigenvalue weighted by Crippen LogP contribution is 2.31. The predicted molar refractivity (Wildman–Crippen MR) is 74.1 cm³/mol. The quantitative estimate of drug-likeness (QED) is 0.880. The van der Waals surface area contributed by atoms with Gasteiger partial charge in [-0.3, -0.25) is 0 Å². The highest BCUT2D eigenvalue weighted by atomic mass is 32.2. The molecule has 0 saturated heterocycles. The molecule has 0 bridgehead atoms. The van der Waals surface area contributed by atoms with Gasteiger partial charge in [0.2, 0.25) is 15.8 Å². The van der Waals surface area contributed by atoms with E-state index in [9.17, 15) is 8.42 Å². The van der Waals surface area contributed by atoms with E-state index in [1.165, 1.54) is 6.07 Å². The van der Waals surface area contributed by atoms with Crippen LogP contribution in [0.2, 0.25) is 0 Å². The summed E-state index contributed by atoms with van der Waals surface area (Å²) in [5.74, 6) is 0.230. The molecule has 0 aliphatic rings. The van der Waals surface area contributed by atoms with Crippen molar-refractivity contribution in [2.45, 2.75) is 32.1 Å². The Morgan fingerprint density at radius 2 is 2.00 bits per heavy atom. The van der Waals surface area contributed by atoms with Crippen molar-refractivity contribution in [1.82, 2.24) is 20.6 Å². The summed E-state index contributed by atoms with van der Waals surface area (Å²) in [6, 6.07) is 4.98. The molecule has 1 heterocycles. The first-order valence-electron chi connectivity index (χ1n) is 6.07. The first-order valence-corrected chi connectivity index (χ1v) is 7.62. The summed E-state index contributed by atoms with van der Waals surface area (Å²) in [5, 5.41) is 18.9. The summed E-state index contributed by atoms with van der Waals surface area (Å²) in [7, 11) is -3.86. The Balaban J connectivity index is 2.70. The molecular formula is C12H17N5O2S. The topological polar surface area (TPSA) is 115 Å². The summed E-state index contributed by atoms with van der Waals surface area (Å²) in [4.78, 5) is 0.0145. The lowest BCUT2D eigenvalue weighted by atomic mass is 9.86. The molecule has 2 rings (SSSR count). The third kappa shape index (κ3) is 3.20. The van der Waals surface area contributed by atoms with Crippen LogP contribution in [-0.4, -0.2) is 29.0 Å². The first kappa shape index (κ1) is 14.6.